The first-order chi connectivity index (χ1) is 16.2. The number of benzene rings is 2. The van der Waals surface area contributed by atoms with Gasteiger partial charge in [0.2, 0.25) is 5.91 Å². The number of amides is 1. The molecule has 1 aliphatic rings. The van der Waals surface area contributed by atoms with Crippen LogP contribution in [0.5, 0.6) is 11.5 Å². The number of nitrogens with one attached hydrogen (secondary N) is 1. The van der Waals surface area contributed by atoms with Gasteiger partial charge < -0.3 is 19.5 Å². The summed E-state index contributed by atoms with van der Waals surface area (Å²) in [6, 6.07) is 15.0. The van der Waals surface area contributed by atoms with Gasteiger partial charge >= 0.3 is 0 Å². The number of anilines is 1. The van der Waals surface area contributed by atoms with Crippen molar-refractivity contribution in [2.24, 2.45) is 0 Å². The highest BCUT2D eigenvalue weighted by molar-refractivity contribution is 7.09. The highest BCUT2D eigenvalue weighted by atomic mass is 32.1. The van der Waals surface area contributed by atoms with E-state index in [1.807, 2.05) is 60.8 Å². The van der Waals surface area contributed by atoms with Crippen molar-refractivity contribution in [1.29, 1.82) is 0 Å². The van der Waals surface area contributed by atoms with Crippen molar-refractivity contribution in [3.63, 3.8) is 0 Å². The maximum Gasteiger partial charge on any atom is 0.248 e. The van der Waals surface area contributed by atoms with Crippen LogP contribution in [0.25, 0.3) is 6.08 Å². The number of carbonyl (C=O) groups excluding carboxylic acids is 1. The Kier molecular flexibility index (Phi) is 8.11. The lowest BCUT2D eigenvalue weighted by Crippen LogP contribution is -2.26. The van der Waals surface area contributed by atoms with Crippen molar-refractivity contribution >= 4 is 29.0 Å². The van der Waals surface area contributed by atoms with E-state index in [1.54, 1.807) is 17.4 Å². The van der Waals surface area contributed by atoms with Crippen LogP contribution in [0, 0.1) is 6.92 Å². The number of para-hydroxylation sites is 2. The van der Waals surface area contributed by atoms with E-state index >= 15 is 0 Å². The van der Waals surface area contributed by atoms with Crippen LogP contribution in [-0.4, -0.2) is 30.2 Å². The van der Waals surface area contributed by atoms with Crippen LogP contribution in [0.3, 0.4) is 0 Å². The van der Waals surface area contributed by atoms with Gasteiger partial charge in [0.15, 0.2) is 0 Å². The number of aryl methyl sites for hydroxylation is 1. The Morgan fingerprint density at radius 3 is 2.94 bits per heavy atom. The summed E-state index contributed by atoms with van der Waals surface area (Å²) >= 11 is 1.60. The summed E-state index contributed by atoms with van der Waals surface area (Å²) in [5.74, 6) is 1.14. The fourth-order valence-electron chi connectivity index (χ4n) is 3.50. The molecule has 0 saturated carbocycles. The first-order valence-corrected chi connectivity index (χ1v) is 12.0. The van der Waals surface area contributed by atoms with E-state index in [9.17, 15) is 4.79 Å². The SMILES string of the molecule is Cc1nc(COc2cccc(/C=C/C(=O)Nc3ccccc3OCC3CCCCO3)c2)cs1. The number of rotatable bonds is 9. The van der Waals surface area contributed by atoms with E-state index in [2.05, 4.69) is 10.3 Å². The molecule has 172 valence electrons. The minimum absolute atomic E-state index is 0.108. The largest absolute Gasteiger partial charge is 0.489 e. The van der Waals surface area contributed by atoms with Crippen LogP contribution >= 0.6 is 11.3 Å². The Morgan fingerprint density at radius 2 is 2.12 bits per heavy atom. The molecule has 1 atom stereocenters. The molecule has 4 rings (SSSR count). The molecule has 0 bridgehead atoms. The summed E-state index contributed by atoms with van der Waals surface area (Å²) in [6.07, 6.45) is 6.64. The topological polar surface area (TPSA) is 69.7 Å². The maximum atomic E-state index is 12.5. The number of nitrogens with zero attached hydrogens (tertiary/aromatic N) is 1. The second-order valence-corrected chi connectivity index (χ2v) is 8.90. The van der Waals surface area contributed by atoms with Gasteiger partial charge in [-0.25, -0.2) is 4.98 Å². The van der Waals surface area contributed by atoms with E-state index in [1.165, 1.54) is 6.08 Å². The summed E-state index contributed by atoms with van der Waals surface area (Å²) in [4.78, 5) is 16.9. The number of thiazole rings is 1. The molecular formula is C26H28N2O4S. The van der Waals surface area contributed by atoms with Gasteiger partial charge in [0.05, 0.1) is 22.5 Å². The van der Waals surface area contributed by atoms with Crippen molar-refractivity contribution < 1.29 is 19.0 Å². The Hall–Kier alpha value is -3.16. The third-order valence-electron chi connectivity index (χ3n) is 5.18. The van der Waals surface area contributed by atoms with E-state index in [0.29, 0.717) is 24.7 Å². The lowest BCUT2D eigenvalue weighted by molar-refractivity contribution is -0.111. The third-order valence-corrected chi connectivity index (χ3v) is 6.00. The van der Waals surface area contributed by atoms with Gasteiger partial charge in [0, 0.05) is 18.1 Å². The number of hydrogen-bond donors (Lipinski definition) is 1. The van der Waals surface area contributed by atoms with Crippen LogP contribution in [0.1, 0.15) is 35.5 Å². The van der Waals surface area contributed by atoms with Crippen LogP contribution in [0.2, 0.25) is 0 Å². The fourth-order valence-corrected chi connectivity index (χ4v) is 4.10. The zero-order valence-corrected chi connectivity index (χ0v) is 19.5. The van der Waals surface area contributed by atoms with Crippen molar-refractivity contribution in [2.75, 3.05) is 18.5 Å². The van der Waals surface area contributed by atoms with Gasteiger partial charge in [-0.15, -0.1) is 11.3 Å². The van der Waals surface area contributed by atoms with E-state index < -0.39 is 0 Å². The van der Waals surface area contributed by atoms with Gasteiger partial charge in [-0.2, -0.15) is 0 Å². The van der Waals surface area contributed by atoms with E-state index in [0.717, 1.165) is 47.9 Å². The quantitative estimate of drug-likeness (QED) is 0.416. The van der Waals surface area contributed by atoms with Gasteiger partial charge in [-0.05, 0) is 62.1 Å². The molecule has 0 spiro atoms. The van der Waals surface area contributed by atoms with Crippen molar-refractivity contribution in [2.45, 2.75) is 38.9 Å². The monoisotopic (exact) mass is 464 g/mol. The lowest BCUT2D eigenvalue weighted by Gasteiger charge is -2.23. The number of ether oxygens (including phenoxy) is 3. The molecule has 1 saturated heterocycles. The molecule has 3 aromatic rings. The normalized spacial score (nSPS) is 16.0. The molecule has 0 radical (unpaired) electrons. The molecule has 2 aromatic carbocycles. The van der Waals surface area contributed by atoms with Crippen LogP contribution in [-0.2, 0) is 16.1 Å². The molecule has 2 heterocycles. The highest BCUT2D eigenvalue weighted by Gasteiger charge is 2.15. The Morgan fingerprint density at radius 1 is 1.21 bits per heavy atom. The Labute approximate surface area is 198 Å². The predicted octanol–water partition coefficient (Wildman–Crippen LogP) is 5.63. The Bertz CT molecular complexity index is 1090. The van der Waals surface area contributed by atoms with Crippen molar-refractivity contribution in [3.8, 4) is 11.5 Å². The predicted molar refractivity (Wildman–Crippen MR) is 131 cm³/mol. The molecule has 7 heteroatoms. The summed E-state index contributed by atoms with van der Waals surface area (Å²) in [5, 5.41) is 5.91. The average molecular weight is 465 g/mol. The van der Waals surface area contributed by atoms with Gasteiger partial charge in [-0.1, -0.05) is 24.3 Å². The summed E-state index contributed by atoms with van der Waals surface area (Å²) < 4.78 is 17.5. The fraction of sp³-hybridized carbons (Fsp3) is 0.308. The molecule has 1 N–H and O–H groups in total. The molecule has 6 nitrogen and oxygen atoms in total. The van der Waals surface area contributed by atoms with Crippen LogP contribution in [0.15, 0.2) is 60.0 Å². The summed E-state index contributed by atoms with van der Waals surface area (Å²) in [6.45, 7) is 3.66. The number of aromatic nitrogens is 1. The molecule has 33 heavy (non-hydrogen) atoms. The third kappa shape index (κ3) is 7.17. The molecule has 1 unspecified atom stereocenters. The smallest absolute Gasteiger partial charge is 0.248 e. The summed E-state index contributed by atoms with van der Waals surface area (Å²) in [7, 11) is 0. The van der Waals surface area contributed by atoms with Gasteiger partial charge in [-0.3, -0.25) is 4.79 Å². The summed E-state index contributed by atoms with van der Waals surface area (Å²) in [5.41, 5.74) is 2.42. The zero-order valence-electron chi connectivity index (χ0n) is 18.7. The average Bonchev–Trinajstić information content (AvgIpc) is 3.27. The Balaban J connectivity index is 1.31. The molecule has 0 aliphatic carbocycles. The second kappa shape index (κ2) is 11.6. The molecular weight excluding hydrogens is 436 g/mol. The minimum atomic E-state index is -0.232. The zero-order chi connectivity index (χ0) is 22.9. The van der Waals surface area contributed by atoms with Crippen LogP contribution < -0.4 is 14.8 Å². The van der Waals surface area contributed by atoms with Crippen LogP contribution in [0.4, 0.5) is 5.69 Å². The number of hydrogen-bond acceptors (Lipinski definition) is 6. The lowest BCUT2D eigenvalue weighted by atomic mass is 10.1. The van der Waals surface area contributed by atoms with E-state index in [-0.39, 0.29) is 12.0 Å². The minimum Gasteiger partial charge on any atom is -0.489 e. The highest BCUT2D eigenvalue weighted by Crippen LogP contribution is 2.25. The van der Waals surface area contributed by atoms with Crippen molar-refractivity contribution in [3.05, 3.63) is 76.3 Å². The standard InChI is InChI=1S/C26H28N2O4S/c1-19-27-21(18-33-19)16-31-22-9-6-7-20(15-22)12-13-26(29)28-24-10-2-3-11-25(24)32-17-23-8-4-5-14-30-23/h2-3,6-7,9-13,15,18,23H,4-5,8,14,16-17H2,1H3,(H,28,29)/b13-12+. The molecule has 1 amide bonds. The molecule has 1 aromatic heterocycles. The second-order valence-electron chi connectivity index (χ2n) is 7.84. The van der Waals surface area contributed by atoms with Gasteiger partial charge in [0.25, 0.3) is 0 Å². The van der Waals surface area contributed by atoms with Gasteiger partial charge in [0.1, 0.15) is 24.7 Å². The molecule has 1 fully saturated rings. The first kappa shape index (κ1) is 23.0. The van der Waals surface area contributed by atoms with E-state index in [4.69, 9.17) is 14.2 Å². The molecule has 1 aliphatic heterocycles. The maximum absolute atomic E-state index is 12.5. The first-order valence-electron chi connectivity index (χ1n) is 11.1. The van der Waals surface area contributed by atoms with Crippen molar-refractivity contribution in [1.82, 2.24) is 4.98 Å². The number of carbonyl (C=O) groups is 1.